The minimum atomic E-state index is -1.04. The van der Waals surface area contributed by atoms with Gasteiger partial charge in [0.05, 0.1) is 10.9 Å². The molecule has 96 valence electrons. The molecule has 1 heterocycles. The summed E-state index contributed by atoms with van der Waals surface area (Å²) in [4.78, 5) is 24.3. The monoisotopic (exact) mass is 289 g/mol. The van der Waals surface area contributed by atoms with Gasteiger partial charge in [-0.3, -0.25) is 4.79 Å². The first-order valence-corrected chi connectivity index (χ1v) is 6.60. The summed E-state index contributed by atoms with van der Waals surface area (Å²) >= 11 is 6.96. The molecule has 0 saturated carbocycles. The second kappa shape index (κ2) is 5.16. The van der Waals surface area contributed by atoms with Gasteiger partial charge in [0.2, 0.25) is 0 Å². The largest absolute Gasteiger partial charge is 0.480 e. The molecule has 1 aromatic rings. The maximum Gasteiger partial charge on any atom is 0.327 e. The van der Waals surface area contributed by atoms with Crippen LogP contribution >= 0.6 is 23.4 Å². The van der Waals surface area contributed by atoms with Crippen molar-refractivity contribution in [2.24, 2.45) is 0 Å². The maximum absolute atomic E-state index is 13.0. The number of rotatable bonds is 2. The van der Waals surface area contributed by atoms with Gasteiger partial charge in [0, 0.05) is 11.3 Å². The van der Waals surface area contributed by atoms with Crippen LogP contribution in [0.1, 0.15) is 10.4 Å². The Kier molecular flexibility index (Phi) is 3.77. The molecule has 1 fully saturated rings. The third-order valence-corrected chi connectivity index (χ3v) is 3.90. The smallest absolute Gasteiger partial charge is 0.327 e. The molecule has 1 N–H and O–H groups in total. The van der Waals surface area contributed by atoms with Gasteiger partial charge >= 0.3 is 5.97 Å². The third-order valence-electron chi connectivity index (χ3n) is 2.59. The number of halogens is 2. The van der Waals surface area contributed by atoms with Gasteiger partial charge in [0.25, 0.3) is 5.91 Å². The van der Waals surface area contributed by atoms with Gasteiger partial charge in [-0.15, -0.1) is 11.8 Å². The van der Waals surface area contributed by atoms with Crippen LogP contribution in [0.5, 0.6) is 0 Å². The van der Waals surface area contributed by atoms with Gasteiger partial charge in [0.1, 0.15) is 11.9 Å². The van der Waals surface area contributed by atoms with E-state index >= 15 is 0 Å². The summed E-state index contributed by atoms with van der Waals surface area (Å²) in [5.74, 6) is -1.43. The first-order valence-electron chi connectivity index (χ1n) is 5.07. The van der Waals surface area contributed by atoms with E-state index in [0.29, 0.717) is 11.6 Å². The molecule has 1 saturated heterocycles. The van der Waals surface area contributed by atoms with Crippen LogP contribution in [-0.2, 0) is 4.79 Å². The van der Waals surface area contributed by atoms with E-state index in [1.54, 1.807) is 0 Å². The Balaban J connectivity index is 2.25. The average Bonchev–Trinajstić information content (AvgIpc) is 2.81. The van der Waals surface area contributed by atoms with Crippen LogP contribution in [0.15, 0.2) is 18.2 Å². The number of thioether (sulfide) groups is 1. The zero-order valence-electron chi connectivity index (χ0n) is 9.10. The van der Waals surface area contributed by atoms with E-state index in [-0.39, 0.29) is 10.6 Å². The summed E-state index contributed by atoms with van der Waals surface area (Å²) in [6.07, 6.45) is 0. The SMILES string of the molecule is O=C(O)C1CSCN1C(=O)c1ccc(F)c(Cl)c1. The van der Waals surface area contributed by atoms with Crippen LogP contribution in [0.2, 0.25) is 5.02 Å². The van der Waals surface area contributed by atoms with Crippen molar-refractivity contribution in [2.45, 2.75) is 6.04 Å². The van der Waals surface area contributed by atoms with Crippen molar-refractivity contribution in [1.29, 1.82) is 0 Å². The van der Waals surface area contributed by atoms with Gasteiger partial charge in [-0.2, -0.15) is 0 Å². The van der Waals surface area contributed by atoms with Crippen molar-refractivity contribution in [1.82, 2.24) is 4.90 Å². The van der Waals surface area contributed by atoms with E-state index in [0.717, 1.165) is 6.07 Å². The third kappa shape index (κ3) is 2.44. The van der Waals surface area contributed by atoms with Crippen LogP contribution in [0.25, 0.3) is 0 Å². The van der Waals surface area contributed by atoms with Crippen molar-refractivity contribution in [2.75, 3.05) is 11.6 Å². The van der Waals surface area contributed by atoms with Crippen molar-refractivity contribution in [3.05, 3.63) is 34.6 Å². The molecule has 0 aliphatic carbocycles. The molecule has 1 aliphatic rings. The van der Waals surface area contributed by atoms with Crippen LogP contribution < -0.4 is 0 Å². The molecule has 0 bridgehead atoms. The fourth-order valence-corrected chi connectivity index (χ4v) is 2.97. The van der Waals surface area contributed by atoms with Crippen molar-refractivity contribution in [3.63, 3.8) is 0 Å². The summed E-state index contributed by atoms with van der Waals surface area (Å²) in [5.41, 5.74) is 0.190. The fourth-order valence-electron chi connectivity index (χ4n) is 1.64. The van der Waals surface area contributed by atoms with Crippen molar-refractivity contribution in [3.8, 4) is 0 Å². The van der Waals surface area contributed by atoms with E-state index in [4.69, 9.17) is 16.7 Å². The number of carboxylic acids is 1. The molecule has 1 aromatic carbocycles. The second-order valence-corrected chi connectivity index (χ2v) is 5.16. The second-order valence-electron chi connectivity index (χ2n) is 3.76. The molecular weight excluding hydrogens is 281 g/mol. The molecule has 1 unspecified atom stereocenters. The normalized spacial score (nSPS) is 19.0. The summed E-state index contributed by atoms with van der Waals surface area (Å²) in [6.45, 7) is 0. The van der Waals surface area contributed by atoms with E-state index < -0.39 is 23.7 Å². The number of carbonyl (C=O) groups is 2. The zero-order chi connectivity index (χ0) is 13.3. The molecule has 1 atom stereocenters. The Morgan fingerprint density at radius 2 is 2.22 bits per heavy atom. The summed E-state index contributed by atoms with van der Waals surface area (Å²) < 4.78 is 13.0. The minimum absolute atomic E-state index is 0.153. The number of carboxylic acid groups (broad SMARTS) is 1. The lowest BCUT2D eigenvalue weighted by atomic mass is 10.1. The first kappa shape index (κ1) is 13.2. The van der Waals surface area contributed by atoms with Crippen LogP contribution in [-0.4, -0.2) is 39.6 Å². The number of hydrogen-bond acceptors (Lipinski definition) is 3. The average molecular weight is 290 g/mol. The van der Waals surface area contributed by atoms with Gasteiger partial charge in [-0.1, -0.05) is 11.6 Å². The molecular formula is C11H9ClFNO3S. The number of carbonyl (C=O) groups excluding carboxylic acids is 1. The summed E-state index contributed by atoms with van der Waals surface area (Å²) in [5, 5.41) is 8.83. The Bertz CT molecular complexity index is 511. The van der Waals surface area contributed by atoms with Gasteiger partial charge in [0.15, 0.2) is 0 Å². The maximum atomic E-state index is 13.0. The first-order chi connectivity index (χ1) is 8.50. The molecule has 18 heavy (non-hydrogen) atoms. The Morgan fingerprint density at radius 1 is 1.50 bits per heavy atom. The molecule has 0 spiro atoms. The lowest BCUT2D eigenvalue weighted by molar-refractivity contribution is -0.140. The Labute approximate surface area is 112 Å². The molecule has 0 aromatic heterocycles. The zero-order valence-corrected chi connectivity index (χ0v) is 10.7. The van der Waals surface area contributed by atoms with Crippen molar-refractivity contribution >= 4 is 35.2 Å². The molecule has 0 radical (unpaired) electrons. The fraction of sp³-hybridized carbons (Fsp3) is 0.273. The van der Waals surface area contributed by atoms with Crippen LogP contribution in [0.3, 0.4) is 0 Å². The number of hydrogen-bond donors (Lipinski definition) is 1. The lowest BCUT2D eigenvalue weighted by Crippen LogP contribution is -2.41. The molecule has 1 amide bonds. The van der Waals surface area contributed by atoms with Crippen molar-refractivity contribution < 1.29 is 19.1 Å². The standard InChI is InChI=1S/C11H9ClFNO3S/c12-7-3-6(1-2-8(7)13)10(15)14-5-18-4-9(14)11(16)17/h1-3,9H,4-5H2,(H,16,17). The van der Waals surface area contributed by atoms with E-state index in [2.05, 4.69) is 0 Å². The topological polar surface area (TPSA) is 57.6 Å². The van der Waals surface area contributed by atoms with Gasteiger partial charge in [-0.05, 0) is 18.2 Å². The predicted molar refractivity (Wildman–Crippen MR) is 66.3 cm³/mol. The number of nitrogens with zero attached hydrogens (tertiary/aromatic N) is 1. The minimum Gasteiger partial charge on any atom is -0.480 e. The molecule has 2 rings (SSSR count). The number of amides is 1. The molecule has 7 heteroatoms. The highest BCUT2D eigenvalue weighted by Crippen LogP contribution is 2.24. The highest BCUT2D eigenvalue weighted by atomic mass is 35.5. The van der Waals surface area contributed by atoms with Gasteiger partial charge < -0.3 is 10.0 Å². The van der Waals surface area contributed by atoms with E-state index in [1.807, 2.05) is 0 Å². The number of aliphatic carboxylic acids is 1. The van der Waals surface area contributed by atoms with Gasteiger partial charge in [-0.25, -0.2) is 9.18 Å². The highest BCUT2D eigenvalue weighted by Gasteiger charge is 2.35. The predicted octanol–water partition coefficient (Wildman–Crippen LogP) is 2.08. The Morgan fingerprint density at radius 3 is 2.83 bits per heavy atom. The highest BCUT2D eigenvalue weighted by molar-refractivity contribution is 7.99. The van der Waals surface area contributed by atoms with Crippen LogP contribution in [0.4, 0.5) is 4.39 Å². The van der Waals surface area contributed by atoms with E-state index in [9.17, 15) is 14.0 Å². The lowest BCUT2D eigenvalue weighted by Gasteiger charge is -2.20. The summed E-state index contributed by atoms with van der Waals surface area (Å²) in [7, 11) is 0. The van der Waals surface area contributed by atoms with E-state index in [1.165, 1.54) is 28.8 Å². The Hall–Kier alpha value is -1.27. The number of benzene rings is 1. The van der Waals surface area contributed by atoms with Crippen LogP contribution in [0, 0.1) is 5.82 Å². The molecule has 4 nitrogen and oxygen atoms in total. The molecule has 1 aliphatic heterocycles. The quantitative estimate of drug-likeness (QED) is 0.905. The summed E-state index contributed by atoms with van der Waals surface area (Å²) in [6, 6.07) is 2.76.